The van der Waals surface area contributed by atoms with Gasteiger partial charge in [-0.1, -0.05) is 91.0 Å². The van der Waals surface area contributed by atoms with E-state index in [2.05, 4.69) is 4.99 Å². The summed E-state index contributed by atoms with van der Waals surface area (Å²) in [5, 5.41) is 5.41. The molecule has 0 saturated heterocycles. The second-order valence-corrected chi connectivity index (χ2v) is 12.2. The van der Waals surface area contributed by atoms with Crippen LogP contribution in [0.2, 0.25) is 0 Å². The highest BCUT2D eigenvalue weighted by molar-refractivity contribution is 7.89. The van der Waals surface area contributed by atoms with E-state index in [9.17, 15) is 22.4 Å². The molecule has 5 aromatic carbocycles. The molecule has 0 radical (unpaired) electrons. The first kappa shape index (κ1) is 32.7. The summed E-state index contributed by atoms with van der Waals surface area (Å²) in [6, 6.07) is 35.1. The molecule has 5 aromatic rings. The third-order valence-electron chi connectivity index (χ3n) is 7.21. The topological polar surface area (TPSA) is 145 Å². The number of halogens is 1. The highest BCUT2D eigenvalue weighted by Crippen LogP contribution is 2.27. The molecule has 0 bridgehead atoms. The van der Waals surface area contributed by atoms with Gasteiger partial charge in [-0.3, -0.25) is 4.79 Å². The molecule has 47 heavy (non-hydrogen) atoms. The Morgan fingerprint density at radius 1 is 0.745 bits per heavy atom. The van der Waals surface area contributed by atoms with Gasteiger partial charge in [0, 0.05) is 24.2 Å². The van der Waals surface area contributed by atoms with Crippen molar-refractivity contribution in [1.29, 1.82) is 0 Å². The number of carbonyl (C=O) groups is 2. The van der Waals surface area contributed by atoms with Gasteiger partial charge in [0.05, 0.1) is 11.3 Å². The van der Waals surface area contributed by atoms with Gasteiger partial charge in [0.25, 0.3) is 0 Å². The zero-order valence-corrected chi connectivity index (χ0v) is 25.9. The molecule has 0 aliphatic carbocycles. The molecule has 0 fully saturated rings. The number of sulfonamides is 1. The smallest absolute Gasteiger partial charge is 0.409 e. The summed E-state index contributed by atoms with van der Waals surface area (Å²) in [7, 11) is -3.92. The predicted octanol–water partition coefficient (Wildman–Crippen LogP) is 5.82. The SMILES string of the molecule is NC(=NC(=O)Oc1ccc(F)cc1)c1cccc(CN(Cc2ccccc2)C(=O)Cc2ccc(-c3ccccc3S(N)(=O)=O)cc2)c1. The van der Waals surface area contributed by atoms with Crippen LogP contribution < -0.4 is 15.6 Å². The van der Waals surface area contributed by atoms with E-state index in [-0.39, 0.29) is 35.4 Å². The minimum absolute atomic E-state index is 0.0237. The summed E-state index contributed by atoms with van der Waals surface area (Å²) in [6.45, 7) is 0.589. The first-order chi connectivity index (χ1) is 22.5. The zero-order chi connectivity index (χ0) is 33.4. The minimum Gasteiger partial charge on any atom is -0.409 e. The van der Waals surface area contributed by atoms with Gasteiger partial charge in [0.1, 0.15) is 17.4 Å². The van der Waals surface area contributed by atoms with Crippen molar-refractivity contribution in [3.8, 4) is 16.9 Å². The predicted molar refractivity (Wildman–Crippen MR) is 177 cm³/mol. The van der Waals surface area contributed by atoms with E-state index in [0.29, 0.717) is 23.2 Å². The Kier molecular flexibility index (Phi) is 10.2. The lowest BCUT2D eigenvalue weighted by Gasteiger charge is -2.24. The Bertz CT molecular complexity index is 2020. The van der Waals surface area contributed by atoms with Gasteiger partial charge in [0.2, 0.25) is 15.9 Å². The fraction of sp³-hybridized carbons (Fsp3) is 0.0833. The maximum absolute atomic E-state index is 13.7. The number of hydrogen-bond donors (Lipinski definition) is 2. The molecular formula is C36H31FN4O5S. The van der Waals surface area contributed by atoms with Crippen molar-refractivity contribution in [3.63, 3.8) is 0 Å². The number of ether oxygens (including phenoxy) is 1. The summed E-state index contributed by atoms with van der Waals surface area (Å²) in [5.41, 5.74) is 10.2. The molecule has 9 nitrogen and oxygen atoms in total. The van der Waals surface area contributed by atoms with Gasteiger partial charge in [-0.05, 0) is 58.7 Å². The van der Waals surface area contributed by atoms with E-state index < -0.39 is 21.9 Å². The summed E-state index contributed by atoms with van der Waals surface area (Å²) in [6.07, 6.45) is -0.859. The zero-order valence-electron chi connectivity index (χ0n) is 25.1. The summed E-state index contributed by atoms with van der Waals surface area (Å²) < 4.78 is 42.4. The number of rotatable bonds is 10. The van der Waals surface area contributed by atoms with E-state index >= 15 is 0 Å². The fourth-order valence-corrected chi connectivity index (χ4v) is 5.68. The largest absolute Gasteiger partial charge is 0.441 e. The third kappa shape index (κ3) is 8.97. The summed E-state index contributed by atoms with van der Waals surface area (Å²) in [5.74, 6) is -0.559. The molecule has 11 heteroatoms. The molecule has 0 aromatic heterocycles. The number of amides is 2. The monoisotopic (exact) mass is 650 g/mol. The normalized spacial score (nSPS) is 11.6. The molecular weight excluding hydrogens is 619 g/mol. The molecule has 0 spiro atoms. The average molecular weight is 651 g/mol. The van der Waals surface area contributed by atoms with Crippen LogP contribution in [0.3, 0.4) is 0 Å². The van der Waals surface area contributed by atoms with Crippen LogP contribution in [0.5, 0.6) is 5.75 Å². The van der Waals surface area contributed by atoms with Crippen LogP contribution in [-0.2, 0) is 34.3 Å². The number of benzene rings is 5. The van der Waals surface area contributed by atoms with Crippen molar-refractivity contribution in [2.24, 2.45) is 15.9 Å². The Labute approximate surface area is 272 Å². The van der Waals surface area contributed by atoms with Gasteiger partial charge in [-0.15, -0.1) is 0 Å². The number of hydrogen-bond acceptors (Lipinski definition) is 5. The molecule has 238 valence electrons. The lowest BCUT2D eigenvalue weighted by Crippen LogP contribution is -2.31. The summed E-state index contributed by atoms with van der Waals surface area (Å²) >= 11 is 0. The molecule has 4 N–H and O–H groups in total. The lowest BCUT2D eigenvalue weighted by atomic mass is 10.0. The molecule has 0 saturated carbocycles. The van der Waals surface area contributed by atoms with Gasteiger partial charge in [-0.25, -0.2) is 22.7 Å². The standard InChI is InChI=1S/C36H31FN4O5S/c37-30-17-19-31(20-18-30)46-36(43)40-35(38)29-10-6-9-27(21-29)24-41(23-26-7-2-1-3-8-26)34(42)22-25-13-15-28(16-14-25)32-11-4-5-12-33(32)47(39,44)45/h1-21H,22-24H2,(H2,38,40,43)(H2,39,44,45). The van der Waals surface area contributed by atoms with Crippen LogP contribution in [-0.4, -0.2) is 31.2 Å². The van der Waals surface area contributed by atoms with Gasteiger partial charge >= 0.3 is 6.09 Å². The van der Waals surface area contributed by atoms with Gasteiger partial charge < -0.3 is 15.4 Å². The average Bonchev–Trinajstić information content (AvgIpc) is 3.06. The van der Waals surface area contributed by atoms with Gasteiger partial charge in [0.15, 0.2) is 0 Å². The number of carbonyl (C=O) groups excluding carboxylic acids is 2. The molecule has 0 unspecified atom stereocenters. The van der Waals surface area contributed by atoms with E-state index in [1.165, 1.54) is 18.2 Å². The second-order valence-electron chi connectivity index (χ2n) is 10.7. The Balaban J connectivity index is 1.33. The van der Waals surface area contributed by atoms with E-state index in [1.807, 2.05) is 36.4 Å². The number of nitrogens with zero attached hydrogens (tertiary/aromatic N) is 2. The minimum atomic E-state index is -3.92. The van der Waals surface area contributed by atoms with Crippen molar-refractivity contribution < 1.29 is 27.1 Å². The first-order valence-electron chi connectivity index (χ1n) is 14.5. The molecule has 0 aliphatic rings. The quantitative estimate of drug-likeness (QED) is 0.144. The Hall–Kier alpha value is -5.65. The lowest BCUT2D eigenvalue weighted by molar-refractivity contribution is -0.131. The van der Waals surface area contributed by atoms with Crippen molar-refractivity contribution in [2.45, 2.75) is 24.4 Å². The van der Waals surface area contributed by atoms with Crippen LogP contribution in [0.15, 0.2) is 137 Å². The third-order valence-corrected chi connectivity index (χ3v) is 8.18. The van der Waals surface area contributed by atoms with Crippen LogP contribution in [0.4, 0.5) is 9.18 Å². The molecule has 0 atom stereocenters. The van der Waals surface area contributed by atoms with E-state index in [0.717, 1.165) is 28.8 Å². The van der Waals surface area contributed by atoms with Crippen LogP contribution in [0.25, 0.3) is 11.1 Å². The van der Waals surface area contributed by atoms with Crippen molar-refractivity contribution in [1.82, 2.24) is 4.90 Å². The first-order valence-corrected chi connectivity index (χ1v) is 16.0. The molecule has 5 rings (SSSR count). The Morgan fingerprint density at radius 3 is 2.09 bits per heavy atom. The van der Waals surface area contributed by atoms with Crippen LogP contribution in [0.1, 0.15) is 22.3 Å². The maximum atomic E-state index is 13.7. The van der Waals surface area contributed by atoms with E-state index in [1.54, 1.807) is 65.6 Å². The maximum Gasteiger partial charge on any atom is 0.441 e. The number of aliphatic imine (C=N–C) groups is 1. The van der Waals surface area contributed by atoms with Gasteiger partial charge in [-0.2, -0.15) is 4.99 Å². The van der Waals surface area contributed by atoms with Crippen LogP contribution >= 0.6 is 0 Å². The van der Waals surface area contributed by atoms with Crippen molar-refractivity contribution in [2.75, 3.05) is 0 Å². The second kappa shape index (κ2) is 14.6. The number of primary sulfonamides is 1. The fourth-order valence-electron chi connectivity index (χ4n) is 4.92. The van der Waals surface area contributed by atoms with Crippen molar-refractivity contribution in [3.05, 3.63) is 155 Å². The highest BCUT2D eigenvalue weighted by Gasteiger charge is 2.18. The highest BCUT2D eigenvalue weighted by atomic mass is 32.2. The Morgan fingerprint density at radius 2 is 1.38 bits per heavy atom. The van der Waals surface area contributed by atoms with Crippen molar-refractivity contribution >= 4 is 27.9 Å². The molecule has 2 amide bonds. The summed E-state index contributed by atoms with van der Waals surface area (Å²) in [4.78, 5) is 31.6. The van der Waals surface area contributed by atoms with Crippen LogP contribution in [0, 0.1) is 5.82 Å². The molecule has 0 heterocycles. The molecule has 0 aliphatic heterocycles. The number of nitrogens with two attached hydrogens (primary N) is 2. The van der Waals surface area contributed by atoms with E-state index in [4.69, 9.17) is 15.6 Å². The number of amidine groups is 1.